The normalized spacial score (nSPS) is 20.0. The number of sulfonamides is 1. The van der Waals surface area contributed by atoms with Crippen LogP contribution in [0.4, 0.5) is 0 Å². The molecule has 2 aliphatic heterocycles. The minimum atomic E-state index is -3.60. The number of carbonyl (C=O) groups excluding carboxylic acids is 1. The third-order valence-corrected chi connectivity index (χ3v) is 8.77. The summed E-state index contributed by atoms with van der Waals surface area (Å²) in [6.07, 6.45) is 2.69. The summed E-state index contributed by atoms with van der Waals surface area (Å²) in [5, 5.41) is 2.19. The van der Waals surface area contributed by atoms with E-state index >= 15 is 0 Å². The molecule has 0 aromatic carbocycles. The number of rotatable bonds is 5. The van der Waals surface area contributed by atoms with Gasteiger partial charge in [-0.25, -0.2) is 13.4 Å². The van der Waals surface area contributed by atoms with Crippen molar-refractivity contribution in [2.75, 3.05) is 39.3 Å². The number of hydrogen-bond acceptors (Lipinski definition) is 6. The van der Waals surface area contributed by atoms with Gasteiger partial charge in [0, 0.05) is 69.9 Å². The van der Waals surface area contributed by atoms with Crippen molar-refractivity contribution in [3.63, 3.8) is 0 Å². The van der Waals surface area contributed by atoms with E-state index in [1.807, 2.05) is 4.90 Å². The summed E-state index contributed by atoms with van der Waals surface area (Å²) in [5.74, 6) is 0.749. The number of imidazole rings is 1. The number of aryl methyl sites for hydroxylation is 2. The summed E-state index contributed by atoms with van der Waals surface area (Å²) in [4.78, 5) is 22.9. The van der Waals surface area contributed by atoms with E-state index in [9.17, 15) is 13.2 Å². The summed E-state index contributed by atoms with van der Waals surface area (Å²) in [6, 6.07) is 4.22. The first-order valence-electron chi connectivity index (χ1n) is 10.4. The third-order valence-electron chi connectivity index (χ3n) is 6.14. The first-order chi connectivity index (χ1) is 14.3. The van der Waals surface area contributed by atoms with Crippen LogP contribution in [-0.4, -0.2) is 77.2 Å². The average molecular weight is 452 g/mol. The number of hydrogen-bond donors (Lipinski definition) is 0. The van der Waals surface area contributed by atoms with Crippen molar-refractivity contribution in [2.45, 2.75) is 31.3 Å². The Hall–Kier alpha value is -1.75. The summed E-state index contributed by atoms with van der Waals surface area (Å²) in [6.45, 7) is 6.73. The highest BCUT2D eigenvalue weighted by atomic mass is 32.2. The van der Waals surface area contributed by atoms with Crippen molar-refractivity contribution < 1.29 is 13.2 Å². The van der Waals surface area contributed by atoms with E-state index in [4.69, 9.17) is 0 Å². The van der Waals surface area contributed by atoms with Crippen molar-refractivity contribution in [1.29, 1.82) is 0 Å². The van der Waals surface area contributed by atoms with Gasteiger partial charge in [0.25, 0.3) is 10.0 Å². The molecule has 0 saturated carbocycles. The average Bonchev–Trinajstić information content (AvgIpc) is 3.38. The van der Waals surface area contributed by atoms with E-state index in [1.54, 1.807) is 36.1 Å². The van der Waals surface area contributed by atoms with Crippen LogP contribution in [0.5, 0.6) is 0 Å². The lowest BCUT2D eigenvalue weighted by Gasteiger charge is -2.38. The Kier molecular flexibility index (Phi) is 6.29. The van der Waals surface area contributed by atoms with Gasteiger partial charge in [-0.3, -0.25) is 9.69 Å². The fourth-order valence-corrected chi connectivity index (χ4v) is 6.37. The topological polar surface area (TPSA) is 78.8 Å². The first kappa shape index (κ1) is 21.5. The summed E-state index contributed by atoms with van der Waals surface area (Å²) in [7, 11) is -1.81. The van der Waals surface area contributed by atoms with Gasteiger partial charge in [-0.15, -0.1) is 11.3 Å². The molecule has 4 rings (SSSR count). The Bertz CT molecular complexity index is 951. The van der Waals surface area contributed by atoms with Gasteiger partial charge in [-0.1, -0.05) is 6.07 Å². The molecule has 2 aliphatic rings. The van der Waals surface area contributed by atoms with Crippen molar-refractivity contribution >= 4 is 27.3 Å². The van der Waals surface area contributed by atoms with Gasteiger partial charge in [-0.05, 0) is 31.2 Å². The molecule has 0 unspecified atom stereocenters. The lowest BCUT2D eigenvalue weighted by Crippen LogP contribution is -2.51. The maximum absolute atomic E-state index is 13.0. The predicted molar refractivity (Wildman–Crippen MR) is 116 cm³/mol. The zero-order chi connectivity index (χ0) is 21.3. The molecule has 4 heterocycles. The van der Waals surface area contributed by atoms with Crippen molar-refractivity contribution in [1.82, 2.24) is 23.7 Å². The summed E-state index contributed by atoms with van der Waals surface area (Å²) in [5.41, 5.74) is 0. The number of piperidine rings is 1. The van der Waals surface area contributed by atoms with Crippen molar-refractivity contribution in [3.05, 3.63) is 34.4 Å². The fraction of sp³-hybridized carbons (Fsp3) is 0.600. The molecular weight excluding hydrogens is 422 g/mol. The highest BCUT2D eigenvalue weighted by Crippen LogP contribution is 2.25. The standard InChI is InChI=1S/C20H29N5O3S2/c1-16-21-19(15-22(16)2)30(27,28)25-7-5-17(6-8-25)20(26)24-11-9-23(10-12-24)14-18-4-3-13-29-18/h3-4,13,15,17H,5-12,14H2,1-2H3. The first-order valence-corrected chi connectivity index (χ1v) is 12.7. The minimum Gasteiger partial charge on any atom is -0.340 e. The van der Waals surface area contributed by atoms with Gasteiger partial charge < -0.3 is 9.47 Å². The molecular formula is C20H29N5O3S2. The Morgan fingerprint density at radius 2 is 1.87 bits per heavy atom. The molecule has 10 heteroatoms. The lowest BCUT2D eigenvalue weighted by molar-refractivity contribution is -0.138. The smallest absolute Gasteiger partial charge is 0.262 e. The highest BCUT2D eigenvalue weighted by Gasteiger charge is 2.35. The zero-order valence-corrected chi connectivity index (χ0v) is 19.2. The molecule has 2 saturated heterocycles. The van der Waals surface area contributed by atoms with E-state index in [-0.39, 0.29) is 16.9 Å². The van der Waals surface area contributed by atoms with Crippen LogP contribution in [0.15, 0.2) is 28.7 Å². The molecule has 2 fully saturated rings. The second-order valence-electron chi connectivity index (χ2n) is 8.10. The number of thiophene rings is 1. The van der Waals surface area contributed by atoms with E-state index in [0.29, 0.717) is 31.8 Å². The maximum Gasteiger partial charge on any atom is 0.262 e. The van der Waals surface area contributed by atoms with Gasteiger partial charge in [0.1, 0.15) is 5.82 Å². The molecule has 164 valence electrons. The molecule has 0 aliphatic carbocycles. The molecule has 30 heavy (non-hydrogen) atoms. The lowest BCUT2D eigenvalue weighted by atomic mass is 9.96. The zero-order valence-electron chi connectivity index (χ0n) is 17.5. The number of aromatic nitrogens is 2. The van der Waals surface area contributed by atoms with Gasteiger partial charge in [0.05, 0.1) is 0 Å². The van der Waals surface area contributed by atoms with Crippen LogP contribution >= 0.6 is 11.3 Å². The molecule has 0 N–H and O–H groups in total. The Morgan fingerprint density at radius 3 is 2.43 bits per heavy atom. The van der Waals surface area contributed by atoms with Gasteiger partial charge in [0.15, 0.2) is 5.03 Å². The fourth-order valence-electron chi connectivity index (χ4n) is 4.13. The molecule has 0 spiro atoms. The summed E-state index contributed by atoms with van der Waals surface area (Å²) >= 11 is 1.77. The molecule has 0 atom stereocenters. The molecule has 2 aromatic heterocycles. The van der Waals surface area contributed by atoms with Crippen LogP contribution < -0.4 is 0 Å². The molecule has 2 aromatic rings. The van der Waals surface area contributed by atoms with Crippen LogP contribution in [-0.2, 0) is 28.4 Å². The van der Waals surface area contributed by atoms with E-state index in [0.717, 1.165) is 32.7 Å². The van der Waals surface area contributed by atoms with Crippen molar-refractivity contribution in [2.24, 2.45) is 13.0 Å². The molecule has 1 amide bonds. The molecule has 0 bridgehead atoms. The summed E-state index contributed by atoms with van der Waals surface area (Å²) < 4.78 is 28.9. The van der Waals surface area contributed by atoms with Crippen LogP contribution in [0.25, 0.3) is 0 Å². The second kappa shape index (κ2) is 8.78. The van der Waals surface area contributed by atoms with Crippen molar-refractivity contribution in [3.8, 4) is 0 Å². The predicted octanol–water partition coefficient (Wildman–Crippen LogP) is 1.54. The largest absolute Gasteiger partial charge is 0.340 e. The highest BCUT2D eigenvalue weighted by molar-refractivity contribution is 7.89. The third kappa shape index (κ3) is 4.46. The van der Waals surface area contributed by atoms with Crippen LogP contribution in [0.1, 0.15) is 23.5 Å². The SMILES string of the molecule is Cc1nc(S(=O)(=O)N2CCC(C(=O)N3CCN(Cc4cccs4)CC3)CC2)cn1C. The monoisotopic (exact) mass is 451 g/mol. The number of amides is 1. The Morgan fingerprint density at radius 1 is 1.17 bits per heavy atom. The number of carbonyl (C=O) groups is 1. The van der Waals surface area contributed by atoms with E-state index < -0.39 is 10.0 Å². The van der Waals surface area contributed by atoms with Crippen LogP contribution in [0.3, 0.4) is 0 Å². The maximum atomic E-state index is 13.0. The van der Waals surface area contributed by atoms with Gasteiger partial charge in [-0.2, -0.15) is 4.31 Å². The van der Waals surface area contributed by atoms with E-state index in [2.05, 4.69) is 27.4 Å². The second-order valence-corrected chi connectivity index (χ2v) is 11.0. The van der Waals surface area contributed by atoms with E-state index in [1.165, 1.54) is 9.18 Å². The molecule has 8 nitrogen and oxygen atoms in total. The minimum absolute atomic E-state index is 0.0918. The quantitative estimate of drug-likeness (QED) is 0.689. The van der Waals surface area contributed by atoms with Crippen LogP contribution in [0, 0.1) is 12.8 Å². The molecule has 0 radical (unpaired) electrons. The Balaban J connectivity index is 1.28. The van der Waals surface area contributed by atoms with Crippen LogP contribution in [0.2, 0.25) is 0 Å². The number of nitrogens with zero attached hydrogens (tertiary/aromatic N) is 5. The Labute approximate surface area is 182 Å². The number of piperazine rings is 1. The van der Waals surface area contributed by atoms with Gasteiger partial charge >= 0.3 is 0 Å². The van der Waals surface area contributed by atoms with Gasteiger partial charge in [0.2, 0.25) is 5.91 Å².